The normalized spacial score (nSPS) is 41.3. The maximum atomic E-state index is 12.3. The molecule has 6 N–H and O–H groups in total. The van der Waals surface area contributed by atoms with E-state index >= 15 is 0 Å². The number of rotatable bonds is 8. The van der Waals surface area contributed by atoms with Gasteiger partial charge in [0.2, 0.25) is 0 Å². The molecule has 6 nitrogen and oxygen atoms in total. The summed E-state index contributed by atoms with van der Waals surface area (Å²) in [6.07, 6.45) is -1.62. The van der Waals surface area contributed by atoms with Crippen molar-refractivity contribution < 1.29 is 30.6 Å². The van der Waals surface area contributed by atoms with Crippen LogP contribution in [0.4, 0.5) is 0 Å². The molecule has 2 saturated carbocycles. The van der Waals surface area contributed by atoms with Crippen LogP contribution in [0.25, 0.3) is 0 Å². The number of benzene rings is 2. The molecule has 174 valence electrons. The average molecular weight is 443 g/mol. The molecule has 2 aromatic rings. The number of aliphatic hydroxyl groups excluding tert-OH is 3. The molecule has 2 aliphatic carbocycles. The molecule has 6 heteroatoms. The molecule has 2 aliphatic rings. The van der Waals surface area contributed by atoms with Gasteiger partial charge in [-0.25, -0.2) is 0 Å². The van der Waals surface area contributed by atoms with E-state index in [0.29, 0.717) is 24.0 Å². The van der Waals surface area contributed by atoms with Gasteiger partial charge in [0.25, 0.3) is 0 Å². The van der Waals surface area contributed by atoms with E-state index in [4.69, 9.17) is 0 Å². The fraction of sp³-hybridized carbons (Fsp3) is 0.538. The van der Waals surface area contributed by atoms with Crippen molar-refractivity contribution in [1.82, 2.24) is 0 Å². The number of fused-ring (bicyclic) bond motifs is 1. The molecule has 0 aromatic heterocycles. The van der Waals surface area contributed by atoms with Crippen molar-refractivity contribution in [2.45, 2.75) is 79.4 Å². The third-order valence-corrected chi connectivity index (χ3v) is 8.39. The molecular formula is C26H34O6. The van der Waals surface area contributed by atoms with Crippen molar-refractivity contribution in [2.75, 3.05) is 6.61 Å². The van der Waals surface area contributed by atoms with Gasteiger partial charge in [0.1, 0.15) is 22.9 Å². The largest absolute Gasteiger partial charge is 0.394 e. The average Bonchev–Trinajstić information content (AvgIpc) is 2.84. The van der Waals surface area contributed by atoms with Crippen LogP contribution in [0.15, 0.2) is 60.7 Å². The Labute approximate surface area is 188 Å². The highest BCUT2D eigenvalue weighted by molar-refractivity contribution is 5.64. The summed E-state index contributed by atoms with van der Waals surface area (Å²) < 4.78 is 0. The Balaban J connectivity index is 2.05. The monoisotopic (exact) mass is 442 g/mol. The third-order valence-electron chi connectivity index (χ3n) is 8.39. The van der Waals surface area contributed by atoms with Crippen LogP contribution < -0.4 is 0 Å². The minimum atomic E-state index is -2.31. The Kier molecular flexibility index (Phi) is 5.56. The summed E-state index contributed by atoms with van der Waals surface area (Å²) in [5.74, 6) is 0. The lowest BCUT2D eigenvalue weighted by atomic mass is 9.19. The van der Waals surface area contributed by atoms with Crippen molar-refractivity contribution in [1.29, 1.82) is 0 Å². The van der Waals surface area contributed by atoms with Gasteiger partial charge >= 0.3 is 0 Å². The summed E-state index contributed by atoms with van der Waals surface area (Å²) in [5, 5.41) is 69.5. The maximum absolute atomic E-state index is 12.3. The van der Waals surface area contributed by atoms with Gasteiger partial charge < -0.3 is 30.6 Å². The van der Waals surface area contributed by atoms with E-state index in [-0.39, 0.29) is 12.8 Å². The van der Waals surface area contributed by atoms with Gasteiger partial charge in [-0.05, 0) is 24.0 Å². The zero-order chi connectivity index (χ0) is 23.4. The Morgan fingerprint density at radius 1 is 0.812 bits per heavy atom. The predicted octanol–water partition coefficient (Wildman–Crippen LogP) is 1.40. The maximum Gasteiger partial charge on any atom is 0.141 e. The van der Waals surface area contributed by atoms with Crippen molar-refractivity contribution in [3.8, 4) is 0 Å². The lowest BCUT2D eigenvalue weighted by Gasteiger charge is -2.89. The first kappa shape index (κ1) is 23.4. The van der Waals surface area contributed by atoms with Crippen LogP contribution in [-0.4, -0.2) is 66.3 Å². The zero-order valence-electron chi connectivity index (χ0n) is 18.6. The molecule has 32 heavy (non-hydrogen) atoms. The van der Waals surface area contributed by atoms with E-state index < -0.39 is 46.4 Å². The Morgan fingerprint density at radius 3 is 1.78 bits per heavy atom. The SMILES string of the molecule is CCCC1(c2ccccc2)C(O)[C@@]2(O)C(CCC)(c3ccccc3)[C@@](O)([C@H](O)CO)[C@@]12O. The Hall–Kier alpha value is -1.80. The van der Waals surface area contributed by atoms with Gasteiger partial charge in [-0.1, -0.05) is 87.4 Å². The second-order valence-corrected chi connectivity index (χ2v) is 9.45. The molecule has 0 amide bonds. The van der Waals surface area contributed by atoms with Crippen LogP contribution in [0.2, 0.25) is 0 Å². The summed E-state index contributed by atoms with van der Waals surface area (Å²) in [7, 11) is 0. The highest BCUT2D eigenvalue weighted by Gasteiger charge is 3.02. The van der Waals surface area contributed by atoms with Crippen LogP contribution in [0.3, 0.4) is 0 Å². The minimum absolute atomic E-state index is 0.192. The molecule has 0 heterocycles. The minimum Gasteiger partial charge on any atom is -0.394 e. The van der Waals surface area contributed by atoms with Gasteiger partial charge in [0.05, 0.1) is 23.5 Å². The fourth-order valence-electron chi connectivity index (χ4n) is 7.40. The first-order valence-corrected chi connectivity index (χ1v) is 11.5. The quantitative estimate of drug-likeness (QED) is 0.368. The van der Waals surface area contributed by atoms with E-state index in [9.17, 15) is 30.6 Å². The number of hydrogen-bond donors (Lipinski definition) is 6. The van der Waals surface area contributed by atoms with Crippen molar-refractivity contribution in [3.05, 3.63) is 71.8 Å². The number of aliphatic hydroxyl groups is 6. The van der Waals surface area contributed by atoms with Crippen LogP contribution in [0.5, 0.6) is 0 Å². The van der Waals surface area contributed by atoms with Gasteiger partial charge in [0.15, 0.2) is 0 Å². The topological polar surface area (TPSA) is 121 Å². The van der Waals surface area contributed by atoms with Crippen molar-refractivity contribution >= 4 is 0 Å². The first-order valence-electron chi connectivity index (χ1n) is 11.5. The second kappa shape index (κ2) is 7.62. The number of hydrogen-bond acceptors (Lipinski definition) is 6. The molecule has 4 rings (SSSR count). The lowest BCUT2D eigenvalue weighted by Crippen LogP contribution is -3.10. The van der Waals surface area contributed by atoms with Gasteiger partial charge in [-0.2, -0.15) is 0 Å². The van der Waals surface area contributed by atoms with Crippen molar-refractivity contribution in [2.24, 2.45) is 0 Å². The van der Waals surface area contributed by atoms with E-state index in [2.05, 4.69) is 0 Å². The van der Waals surface area contributed by atoms with Crippen molar-refractivity contribution in [3.63, 3.8) is 0 Å². The summed E-state index contributed by atoms with van der Waals surface area (Å²) in [6, 6.07) is 17.6. The van der Waals surface area contributed by atoms with E-state index in [0.717, 1.165) is 0 Å². The molecule has 3 unspecified atom stereocenters. The summed E-state index contributed by atoms with van der Waals surface area (Å²) >= 11 is 0. The summed E-state index contributed by atoms with van der Waals surface area (Å²) in [5.41, 5.74) is -8.67. The lowest BCUT2D eigenvalue weighted by molar-refractivity contribution is -0.514. The second-order valence-electron chi connectivity index (χ2n) is 9.45. The molecule has 0 radical (unpaired) electrons. The highest BCUT2D eigenvalue weighted by Crippen LogP contribution is 2.81. The van der Waals surface area contributed by atoms with E-state index in [1.807, 2.05) is 19.9 Å². The van der Waals surface area contributed by atoms with Gasteiger partial charge in [-0.3, -0.25) is 0 Å². The zero-order valence-corrected chi connectivity index (χ0v) is 18.6. The Bertz CT molecular complexity index is 951. The van der Waals surface area contributed by atoms with Crippen LogP contribution in [0.1, 0.15) is 50.7 Å². The Morgan fingerprint density at radius 2 is 1.31 bits per heavy atom. The van der Waals surface area contributed by atoms with Gasteiger partial charge in [-0.15, -0.1) is 0 Å². The summed E-state index contributed by atoms with van der Waals surface area (Å²) in [6.45, 7) is 2.97. The molecule has 0 spiro atoms. The molecule has 0 saturated heterocycles. The fourth-order valence-corrected chi connectivity index (χ4v) is 7.40. The van der Waals surface area contributed by atoms with Crippen LogP contribution in [0, 0.1) is 0 Å². The predicted molar refractivity (Wildman–Crippen MR) is 120 cm³/mol. The van der Waals surface area contributed by atoms with E-state index in [1.165, 1.54) is 0 Å². The van der Waals surface area contributed by atoms with Gasteiger partial charge in [0, 0.05) is 0 Å². The van der Waals surface area contributed by atoms with E-state index in [1.54, 1.807) is 54.6 Å². The first-order chi connectivity index (χ1) is 15.2. The molecular weight excluding hydrogens is 408 g/mol. The molecule has 2 aromatic carbocycles. The highest BCUT2D eigenvalue weighted by atomic mass is 16.5. The smallest absolute Gasteiger partial charge is 0.141 e. The van der Waals surface area contributed by atoms with Crippen LogP contribution in [-0.2, 0) is 10.8 Å². The molecule has 2 fully saturated rings. The van der Waals surface area contributed by atoms with Crippen LogP contribution >= 0.6 is 0 Å². The summed E-state index contributed by atoms with van der Waals surface area (Å²) in [4.78, 5) is 0. The molecule has 0 bridgehead atoms. The third kappa shape index (κ3) is 2.12. The standard InChI is InChI=1S/C26H34O6/c1-3-15-22(18-11-7-5-8-12-18)21(29)25(31)23(16-4-2,19-13-9-6-10-14-19)24(30,20(28)17-27)26(22,25)32/h5-14,20-21,27-32H,3-4,15-17H2,1-2H3/t20-,21?,22?,23?,24+,25-,26+/m1/s1. The molecule has 7 atom stereocenters. The molecule has 0 aliphatic heterocycles.